The summed E-state index contributed by atoms with van der Waals surface area (Å²) >= 11 is 0.656. The first-order chi connectivity index (χ1) is 8.12. The molecule has 94 valence electrons. The van der Waals surface area contributed by atoms with Gasteiger partial charge in [0.1, 0.15) is 6.42 Å². The molecule has 0 radical (unpaired) electrons. The molecule has 0 aliphatic rings. The zero-order valence-corrected chi connectivity index (χ0v) is 11.4. The van der Waals surface area contributed by atoms with E-state index in [0.29, 0.717) is 27.9 Å². The van der Waals surface area contributed by atoms with Gasteiger partial charge in [-0.05, 0) is 0 Å². The summed E-state index contributed by atoms with van der Waals surface area (Å²) < 4.78 is 36.7. The Bertz CT molecular complexity index is 419. The second-order valence-corrected chi connectivity index (χ2v) is 4.49. The van der Waals surface area contributed by atoms with Crippen LogP contribution in [0.1, 0.15) is 12.0 Å². The molecule has 1 aromatic carbocycles. The summed E-state index contributed by atoms with van der Waals surface area (Å²) in [5.41, 5.74) is -0.551. The molecule has 0 aliphatic heterocycles. The van der Waals surface area contributed by atoms with Crippen LogP contribution in [-0.4, -0.2) is 50.1 Å². The largest absolute Gasteiger partial charge is 0.481 e. The van der Waals surface area contributed by atoms with Crippen LogP contribution < -0.4 is 2.81 Å². The molecule has 0 aliphatic carbocycles. The number of rotatable bonds is 2. The van der Waals surface area contributed by atoms with E-state index in [2.05, 4.69) is 0 Å². The van der Waals surface area contributed by atoms with E-state index in [1.54, 1.807) is 6.07 Å². The zero-order valence-electron chi connectivity index (χ0n) is 9.36. The third kappa shape index (κ3) is 8.10. The Morgan fingerprint density at radius 2 is 1.67 bits per heavy atom. The Morgan fingerprint density at radius 3 is 1.89 bits per heavy atom. The normalized spacial score (nSPS) is 10.3. The SMILES string of the molecule is FC(F)(F)c1ccc[c]([Na])c1.O=C(O)CC(=O)O. The molecule has 8 heteroatoms. The van der Waals surface area contributed by atoms with E-state index >= 15 is 0 Å². The number of aliphatic carboxylic acids is 2. The minimum Gasteiger partial charge on any atom is -0.481 e. The van der Waals surface area contributed by atoms with Gasteiger partial charge in [-0.2, -0.15) is 0 Å². The van der Waals surface area contributed by atoms with Crippen LogP contribution in [0.15, 0.2) is 24.3 Å². The van der Waals surface area contributed by atoms with Crippen LogP contribution in [0, 0.1) is 0 Å². The number of carboxylic acids is 2. The Labute approximate surface area is 118 Å². The average molecular weight is 272 g/mol. The Morgan fingerprint density at radius 1 is 1.17 bits per heavy atom. The minimum atomic E-state index is -4.19. The first kappa shape index (κ1) is 16.9. The molecule has 0 spiro atoms. The van der Waals surface area contributed by atoms with Crippen LogP contribution in [0.4, 0.5) is 13.2 Å². The standard InChI is InChI=1S/C7H4F3.C3H4O4.Na/c8-7(9,10)6-4-2-1-3-5-6;4-2(5)1-3(6)7;/h1-2,4-5H;1H2,(H,4,5)(H,6,7);. The molecule has 0 heterocycles. The van der Waals surface area contributed by atoms with Crippen LogP contribution in [0.5, 0.6) is 0 Å². The number of hydrogen-bond donors (Lipinski definition) is 2. The van der Waals surface area contributed by atoms with E-state index in [4.69, 9.17) is 10.2 Å². The molecule has 0 amide bonds. The average Bonchev–Trinajstić information content (AvgIpc) is 2.14. The second kappa shape index (κ2) is 7.40. The van der Waals surface area contributed by atoms with Gasteiger partial charge in [-0.25, -0.2) is 0 Å². The minimum absolute atomic E-state index is 0.551. The van der Waals surface area contributed by atoms with Crippen molar-refractivity contribution in [2.45, 2.75) is 12.6 Å². The fourth-order valence-corrected chi connectivity index (χ4v) is 1.45. The van der Waals surface area contributed by atoms with Gasteiger partial charge in [-0.3, -0.25) is 9.59 Å². The summed E-state index contributed by atoms with van der Waals surface area (Å²) in [6.07, 6.45) is -5.00. The van der Waals surface area contributed by atoms with Gasteiger partial charge < -0.3 is 10.2 Å². The third-order valence-electron chi connectivity index (χ3n) is 1.65. The van der Waals surface area contributed by atoms with Crippen LogP contribution in [0.25, 0.3) is 0 Å². The molecule has 0 saturated carbocycles. The summed E-state index contributed by atoms with van der Waals surface area (Å²) in [5, 5.41) is 15.4. The molecule has 0 bridgehead atoms. The van der Waals surface area contributed by atoms with E-state index in [1.807, 2.05) is 0 Å². The molecule has 1 aromatic rings. The van der Waals surface area contributed by atoms with E-state index in [9.17, 15) is 22.8 Å². The van der Waals surface area contributed by atoms with Crippen LogP contribution in [0.3, 0.4) is 0 Å². The van der Waals surface area contributed by atoms with Crippen LogP contribution in [0.2, 0.25) is 0 Å². The van der Waals surface area contributed by atoms with Gasteiger partial charge in [0, 0.05) is 0 Å². The molecular formula is C10H8F3NaO4. The monoisotopic (exact) mass is 272 g/mol. The van der Waals surface area contributed by atoms with Crippen molar-refractivity contribution in [3.05, 3.63) is 29.8 Å². The number of alkyl halides is 3. The molecule has 0 atom stereocenters. The van der Waals surface area contributed by atoms with Crippen molar-refractivity contribution in [2.24, 2.45) is 0 Å². The molecule has 0 aromatic heterocycles. The maximum atomic E-state index is 12.0. The van der Waals surface area contributed by atoms with Crippen LogP contribution >= 0.6 is 0 Å². The quantitative estimate of drug-likeness (QED) is 0.623. The summed E-state index contributed by atoms with van der Waals surface area (Å²) in [5.74, 6) is -2.62. The fourth-order valence-electron chi connectivity index (χ4n) is 0.951. The van der Waals surface area contributed by atoms with Gasteiger partial charge in [0.15, 0.2) is 0 Å². The Balaban J connectivity index is 0.000000360. The van der Waals surface area contributed by atoms with Gasteiger partial charge in [0.2, 0.25) is 0 Å². The molecule has 18 heavy (non-hydrogen) atoms. The predicted molar refractivity (Wildman–Crippen MR) is 56.7 cm³/mol. The Hall–Kier alpha value is -1.05. The maximum Gasteiger partial charge on any atom is 0.314 e. The first-order valence-corrected chi connectivity index (χ1v) is 5.70. The molecular weight excluding hydrogens is 264 g/mol. The Kier molecular flexibility index (Phi) is 6.97. The maximum absolute atomic E-state index is 12.0. The van der Waals surface area contributed by atoms with Crippen molar-refractivity contribution in [1.82, 2.24) is 0 Å². The van der Waals surface area contributed by atoms with Crippen molar-refractivity contribution >= 4 is 42.7 Å². The van der Waals surface area contributed by atoms with Gasteiger partial charge >= 0.3 is 91.9 Å². The summed E-state index contributed by atoms with van der Waals surface area (Å²) in [6.45, 7) is 0. The molecule has 0 fully saturated rings. The van der Waals surface area contributed by atoms with Crippen molar-refractivity contribution < 1.29 is 33.0 Å². The number of hydrogen-bond acceptors (Lipinski definition) is 2. The van der Waals surface area contributed by atoms with E-state index < -0.39 is 30.1 Å². The van der Waals surface area contributed by atoms with Gasteiger partial charge in [0.05, 0.1) is 0 Å². The van der Waals surface area contributed by atoms with Gasteiger partial charge in [-0.1, -0.05) is 0 Å². The predicted octanol–water partition coefficient (Wildman–Crippen LogP) is 1.04. The van der Waals surface area contributed by atoms with Gasteiger partial charge in [-0.15, -0.1) is 0 Å². The second-order valence-electron chi connectivity index (χ2n) is 3.33. The van der Waals surface area contributed by atoms with Crippen molar-refractivity contribution in [3.63, 3.8) is 0 Å². The zero-order chi connectivity index (χ0) is 14.3. The summed E-state index contributed by atoms with van der Waals surface area (Å²) in [6, 6.07) is 5.40. The topological polar surface area (TPSA) is 74.6 Å². The van der Waals surface area contributed by atoms with E-state index in [1.165, 1.54) is 12.1 Å². The number of carboxylic acid groups (broad SMARTS) is 2. The summed E-state index contributed by atoms with van der Waals surface area (Å²) in [7, 11) is 0. The molecule has 4 nitrogen and oxygen atoms in total. The third-order valence-corrected chi connectivity index (χ3v) is 2.27. The number of halogens is 3. The number of carbonyl (C=O) groups is 2. The van der Waals surface area contributed by atoms with Crippen LogP contribution in [-0.2, 0) is 15.8 Å². The fraction of sp³-hybridized carbons (Fsp3) is 0.200. The molecule has 2 N–H and O–H groups in total. The van der Waals surface area contributed by atoms with E-state index in [-0.39, 0.29) is 0 Å². The van der Waals surface area contributed by atoms with E-state index in [0.717, 1.165) is 8.88 Å². The van der Waals surface area contributed by atoms with Crippen molar-refractivity contribution in [2.75, 3.05) is 0 Å². The van der Waals surface area contributed by atoms with Crippen molar-refractivity contribution in [3.8, 4) is 0 Å². The van der Waals surface area contributed by atoms with Crippen molar-refractivity contribution in [1.29, 1.82) is 0 Å². The first-order valence-electron chi connectivity index (χ1n) is 4.70. The van der Waals surface area contributed by atoms with Gasteiger partial charge in [0.25, 0.3) is 0 Å². The smallest absolute Gasteiger partial charge is 0.314 e. The molecule has 0 saturated heterocycles. The number of benzene rings is 1. The molecule has 0 unspecified atom stereocenters. The summed E-state index contributed by atoms with van der Waals surface area (Å²) in [4.78, 5) is 18.9. The molecule has 1 rings (SSSR count).